The van der Waals surface area contributed by atoms with E-state index >= 15 is 0 Å². The number of hydrogen-bond acceptors (Lipinski definition) is 6. The Morgan fingerprint density at radius 2 is 1.89 bits per heavy atom. The number of nitrogens with zero attached hydrogens (tertiary/aromatic N) is 3. The van der Waals surface area contributed by atoms with E-state index in [1.807, 2.05) is 0 Å². The average Bonchev–Trinajstić information content (AvgIpc) is 3.39. The quantitative estimate of drug-likeness (QED) is 0.476. The zero-order chi connectivity index (χ0) is 21.3. The lowest BCUT2D eigenvalue weighted by molar-refractivity contribution is 0.0333. The van der Waals surface area contributed by atoms with E-state index in [9.17, 15) is 19.2 Å². The summed E-state index contributed by atoms with van der Waals surface area (Å²) in [5.41, 5.74) is -0.619. The summed E-state index contributed by atoms with van der Waals surface area (Å²) in [5, 5.41) is 0.807. The van der Waals surface area contributed by atoms with Crippen LogP contribution < -0.4 is 11.0 Å². The highest BCUT2D eigenvalue weighted by Crippen LogP contribution is 2.44. The van der Waals surface area contributed by atoms with E-state index in [1.54, 1.807) is 20.8 Å². The molecule has 1 aromatic rings. The molecule has 1 N–H and O–H groups in total. The number of esters is 1. The third kappa shape index (κ3) is 4.31. The Hall–Kier alpha value is -3.35. The number of pyridine rings is 1. The molecular formula is C18H22N4O6. The van der Waals surface area contributed by atoms with Crippen molar-refractivity contribution < 1.29 is 23.9 Å². The normalized spacial score (nSPS) is 14.4. The van der Waals surface area contributed by atoms with Gasteiger partial charge in [-0.05, 0) is 20.8 Å². The lowest BCUT2D eigenvalue weighted by Gasteiger charge is -2.24. The van der Waals surface area contributed by atoms with Gasteiger partial charge in [-0.1, -0.05) is 0 Å². The van der Waals surface area contributed by atoms with Crippen LogP contribution in [0.3, 0.4) is 0 Å². The molecule has 1 fully saturated rings. The molecule has 28 heavy (non-hydrogen) atoms. The molecule has 2 amide bonds. The molecule has 0 atom stereocenters. The van der Waals surface area contributed by atoms with E-state index in [-0.39, 0.29) is 11.1 Å². The third-order valence-corrected chi connectivity index (χ3v) is 4.01. The van der Waals surface area contributed by atoms with Crippen LogP contribution in [0.1, 0.15) is 54.3 Å². The van der Waals surface area contributed by atoms with Crippen molar-refractivity contribution in [1.29, 1.82) is 0 Å². The first-order valence-corrected chi connectivity index (χ1v) is 8.46. The lowest BCUT2D eigenvalue weighted by atomic mass is 10.1. The molecule has 1 aliphatic rings. The van der Waals surface area contributed by atoms with Crippen LogP contribution in [0.5, 0.6) is 0 Å². The highest BCUT2D eigenvalue weighted by Gasteiger charge is 2.54. The molecular weight excluding hydrogens is 368 g/mol. The Morgan fingerprint density at radius 1 is 1.29 bits per heavy atom. The topological polar surface area (TPSA) is 111 Å². The average molecular weight is 390 g/mol. The van der Waals surface area contributed by atoms with Gasteiger partial charge < -0.3 is 9.47 Å². The second kappa shape index (κ2) is 7.34. The van der Waals surface area contributed by atoms with Crippen LogP contribution in [0.25, 0.3) is 4.85 Å². The lowest BCUT2D eigenvalue weighted by Crippen LogP contribution is -2.46. The van der Waals surface area contributed by atoms with E-state index < -0.39 is 34.8 Å². The van der Waals surface area contributed by atoms with Gasteiger partial charge in [0, 0.05) is 19.3 Å². The van der Waals surface area contributed by atoms with Gasteiger partial charge in [-0.25, -0.2) is 26.2 Å². The summed E-state index contributed by atoms with van der Waals surface area (Å²) in [6.07, 6.45) is 1.24. The van der Waals surface area contributed by atoms with E-state index in [0.29, 0.717) is 12.8 Å². The first-order valence-electron chi connectivity index (χ1n) is 8.46. The maximum atomic E-state index is 12.7. The van der Waals surface area contributed by atoms with E-state index in [4.69, 9.17) is 16.0 Å². The van der Waals surface area contributed by atoms with Crippen LogP contribution in [0.15, 0.2) is 17.1 Å². The summed E-state index contributed by atoms with van der Waals surface area (Å²) >= 11 is 0. The predicted molar refractivity (Wildman–Crippen MR) is 97.3 cm³/mol. The Bertz CT molecular complexity index is 917. The third-order valence-electron chi connectivity index (χ3n) is 4.01. The Kier molecular flexibility index (Phi) is 5.50. The molecule has 0 unspecified atom stereocenters. The molecule has 150 valence electrons. The second-order valence-electron chi connectivity index (χ2n) is 7.37. The summed E-state index contributed by atoms with van der Waals surface area (Å²) < 4.78 is 10.9. The van der Waals surface area contributed by atoms with Crippen molar-refractivity contribution in [2.75, 3.05) is 14.2 Å². The number of nitrogens with one attached hydrogen (secondary N) is 1. The van der Waals surface area contributed by atoms with Crippen molar-refractivity contribution in [3.8, 4) is 0 Å². The largest absolute Gasteiger partial charge is 0.465 e. The van der Waals surface area contributed by atoms with E-state index in [2.05, 4.69) is 10.3 Å². The molecule has 1 saturated carbocycles. The minimum Gasteiger partial charge on any atom is -0.465 e. The first-order chi connectivity index (χ1) is 12.9. The summed E-state index contributed by atoms with van der Waals surface area (Å²) in [6, 6.07) is 0.965. The fraction of sp³-hybridized carbons (Fsp3) is 0.500. The minimum atomic E-state index is -1.03. The summed E-state index contributed by atoms with van der Waals surface area (Å²) in [6.45, 7) is 12.3. The number of hydrazine groups is 1. The number of rotatable bonds is 3. The smallest absolute Gasteiger partial charge is 0.426 e. The molecule has 2 rings (SSSR count). The molecule has 1 aromatic heterocycles. The number of amides is 2. The molecule has 0 bridgehead atoms. The SMILES string of the molecule is [C-]#[N+]C1(n2cc(C(=O)OC)c(C(=O)N(C)NC(=O)OC(C)(C)C)cc2=O)CC1. The molecule has 10 nitrogen and oxygen atoms in total. The van der Waals surface area contributed by atoms with Crippen molar-refractivity contribution in [3.05, 3.63) is 45.2 Å². The highest BCUT2D eigenvalue weighted by atomic mass is 16.6. The van der Waals surface area contributed by atoms with Crippen molar-refractivity contribution >= 4 is 18.0 Å². The fourth-order valence-electron chi connectivity index (χ4n) is 2.50. The molecule has 0 spiro atoms. The van der Waals surface area contributed by atoms with Crippen LogP contribution >= 0.6 is 0 Å². The zero-order valence-corrected chi connectivity index (χ0v) is 16.4. The summed E-state index contributed by atoms with van der Waals surface area (Å²) in [7, 11) is 2.39. The van der Waals surface area contributed by atoms with Crippen LogP contribution in [0.4, 0.5) is 4.79 Å². The first kappa shape index (κ1) is 21.0. The van der Waals surface area contributed by atoms with Gasteiger partial charge in [0.25, 0.3) is 11.5 Å². The molecule has 1 aliphatic carbocycles. The van der Waals surface area contributed by atoms with E-state index in [1.165, 1.54) is 7.05 Å². The highest BCUT2D eigenvalue weighted by molar-refractivity contribution is 6.05. The van der Waals surface area contributed by atoms with Crippen LogP contribution in [-0.4, -0.2) is 47.3 Å². The summed E-state index contributed by atoms with van der Waals surface area (Å²) in [4.78, 5) is 52.7. The van der Waals surface area contributed by atoms with Gasteiger partial charge in [0.15, 0.2) is 0 Å². The minimum absolute atomic E-state index is 0.181. The van der Waals surface area contributed by atoms with Gasteiger partial charge in [0.2, 0.25) is 0 Å². The van der Waals surface area contributed by atoms with Gasteiger partial charge in [0.05, 0.1) is 31.1 Å². The van der Waals surface area contributed by atoms with Gasteiger partial charge in [-0.3, -0.25) is 19.4 Å². The van der Waals surface area contributed by atoms with Crippen LogP contribution in [-0.2, 0) is 15.1 Å². The second-order valence-corrected chi connectivity index (χ2v) is 7.37. The van der Waals surface area contributed by atoms with Crippen molar-refractivity contribution in [1.82, 2.24) is 15.0 Å². The molecule has 0 aliphatic heterocycles. The van der Waals surface area contributed by atoms with Gasteiger partial charge in [-0.2, -0.15) is 0 Å². The summed E-state index contributed by atoms with van der Waals surface area (Å²) in [5.74, 6) is -1.66. The Balaban J connectivity index is 2.38. The Labute approximate surface area is 161 Å². The van der Waals surface area contributed by atoms with Gasteiger partial charge in [0.1, 0.15) is 5.60 Å². The maximum Gasteiger partial charge on any atom is 0.426 e. The molecule has 0 aromatic carbocycles. The molecule has 0 saturated heterocycles. The molecule has 1 heterocycles. The van der Waals surface area contributed by atoms with Crippen LogP contribution in [0, 0.1) is 6.57 Å². The Morgan fingerprint density at radius 3 is 2.36 bits per heavy atom. The number of aromatic nitrogens is 1. The maximum absolute atomic E-state index is 12.7. The number of ether oxygens (including phenoxy) is 2. The van der Waals surface area contributed by atoms with Crippen molar-refractivity contribution in [2.24, 2.45) is 0 Å². The van der Waals surface area contributed by atoms with Gasteiger partial charge in [-0.15, -0.1) is 0 Å². The monoisotopic (exact) mass is 390 g/mol. The van der Waals surface area contributed by atoms with E-state index in [0.717, 1.165) is 28.9 Å². The standard InChI is InChI=1S/C18H22N4O6/c1-17(2,3)28-16(26)20-21(5)14(24)11-9-13(23)22(18(19-4)7-8-18)10-12(11)15(25)27-6/h9-10H,7-8H2,1-3,5-6H3,(H,20,26). The number of hydrogen-bond donors (Lipinski definition) is 1. The molecule has 10 heteroatoms. The number of carbonyl (C=O) groups excluding carboxylic acids is 3. The van der Waals surface area contributed by atoms with Gasteiger partial charge >= 0.3 is 17.7 Å². The fourth-order valence-corrected chi connectivity index (χ4v) is 2.50. The molecule has 0 radical (unpaired) electrons. The number of carbonyl (C=O) groups is 3. The van der Waals surface area contributed by atoms with Crippen molar-refractivity contribution in [3.63, 3.8) is 0 Å². The van der Waals surface area contributed by atoms with Crippen LogP contribution in [0.2, 0.25) is 0 Å². The predicted octanol–water partition coefficient (Wildman–Crippen LogP) is 1.51. The number of methoxy groups -OCH3 is 1. The zero-order valence-electron chi connectivity index (χ0n) is 16.4. The van der Waals surface area contributed by atoms with Crippen molar-refractivity contribution in [2.45, 2.75) is 44.9 Å².